The lowest BCUT2D eigenvalue weighted by Gasteiger charge is -2.30. The van der Waals surface area contributed by atoms with Crippen LogP contribution in [0.3, 0.4) is 0 Å². The molecule has 0 N–H and O–H groups in total. The highest BCUT2D eigenvalue weighted by molar-refractivity contribution is 5.87. The van der Waals surface area contributed by atoms with Gasteiger partial charge in [0.05, 0.1) is 11.7 Å². The van der Waals surface area contributed by atoms with E-state index in [1.165, 1.54) is 19.3 Å². The molecule has 4 nitrogen and oxygen atoms in total. The Morgan fingerprint density at radius 3 is 2.74 bits per heavy atom. The van der Waals surface area contributed by atoms with Crippen LogP contribution in [0.2, 0.25) is 0 Å². The van der Waals surface area contributed by atoms with E-state index in [0.717, 1.165) is 38.9 Å². The van der Waals surface area contributed by atoms with Crippen LogP contribution in [0.1, 0.15) is 58.8 Å². The van der Waals surface area contributed by atoms with Crippen LogP contribution in [0.4, 0.5) is 0 Å². The molecule has 4 heteroatoms. The van der Waals surface area contributed by atoms with Crippen LogP contribution in [0, 0.1) is 11.8 Å². The predicted molar refractivity (Wildman–Crippen MR) is 88.1 cm³/mol. The van der Waals surface area contributed by atoms with E-state index < -0.39 is 0 Å². The van der Waals surface area contributed by atoms with E-state index in [2.05, 4.69) is 13.5 Å². The van der Waals surface area contributed by atoms with Crippen molar-refractivity contribution in [1.82, 2.24) is 0 Å². The number of fused-ring (bicyclic) bond motifs is 1. The summed E-state index contributed by atoms with van der Waals surface area (Å²) in [6, 6.07) is 0. The summed E-state index contributed by atoms with van der Waals surface area (Å²) in [6.07, 6.45) is 8.28. The van der Waals surface area contributed by atoms with Crippen molar-refractivity contribution in [3.63, 3.8) is 0 Å². The summed E-state index contributed by atoms with van der Waals surface area (Å²) in [5, 5.41) is 0. The van der Waals surface area contributed by atoms with E-state index in [1.54, 1.807) is 6.92 Å². The van der Waals surface area contributed by atoms with E-state index in [0.29, 0.717) is 23.5 Å². The molecule has 3 fully saturated rings. The number of carbonyl (C=O) groups is 1. The Bertz CT molecular complexity index is 460. The van der Waals surface area contributed by atoms with Crippen molar-refractivity contribution in [2.45, 2.75) is 76.6 Å². The predicted octanol–water partition coefficient (Wildman–Crippen LogP) is 3.64. The van der Waals surface area contributed by atoms with Gasteiger partial charge in [-0.3, -0.25) is 0 Å². The number of hydrogen-bond donors (Lipinski definition) is 0. The zero-order valence-electron chi connectivity index (χ0n) is 14.5. The summed E-state index contributed by atoms with van der Waals surface area (Å²) < 4.78 is 17.3. The molecular weight excluding hydrogens is 292 g/mol. The average Bonchev–Trinajstić information content (AvgIpc) is 3.18. The van der Waals surface area contributed by atoms with Gasteiger partial charge in [0, 0.05) is 18.8 Å². The van der Waals surface area contributed by atoms with Crippen LogP contribution in [-0.4, -0.2) is 37.0 Å². The minimum atomic E-state index is -0.258. The van der Waals surface area contributed by atoms with Crippen LogP contribution in [0.25, 0.3) is 0 Å². The first-order chi connectivity index (χ1) is 11.0. The van der Waals surface area contributed by atoms with Crippen molar-refractivity contribution in [2.24, 2.45) is 11.8 Å². The molecule has 0 aromatic carbocycles. The maximum absolute atomic E-state index is 11.6. The molecule has 0 radical (unpaired) electrons. The summed E-state index contributed by atoms with van der Waals surface area (Å²) >= 11 is 0. The molecule has 23 heavy (non-hydrogen) atoms. The van der Waals surface area contributed by atoms with Crippen molar-refractivity contribution in [3.8, 4) is 0 Å². The summed E-state index contributed by atoms with van der Waals surface area (Å²) in [6.45, 7) is 9.21. The van der Waals surface area contributed by atoms with E-state index in [4.69, 9.17) is 14.2 Å². The Kier molecular flexibility index (Phi) is 5.12. The first kappa shape index (κ1) is 17.0. The third kappa shape index (κ3) is 4.36. The minimum Gasteiger partial charge on any atom is -0.459 e. The Labute approximate surface area is 139 Å². The highest BCUT2D eigenvalue weighted by Gasteiger charge is 2.55. The van der Waals surface area contributed by atoms with E-state index in [9.17, 15) is 4.79 Å². The second-order valence-electron chi connectivity index (χ2n) is 7.94. The Morgan fingerprint density at radius 1 is 1.22 bits per heavy atom. The smallest absolute Gasteiger partial charge is 0.333 e. The molecule has 2 aliphatic carbocycles. The van der Waals surface area contributed by atoms with Crippen LogP contribution >= 0.6 is 0 Å². The molecule has 3 aliphatic rings. The van der Waals surface area contributed by atoms with E-state index in [1.807, 2.05) is 0 Å². The first-order valence-corrected chi connectivity index (χ1v) is 9.08. The van der Waals surface area contributed by atoms with Crippen molar-refractivity contribution in [3.05, 3.63) is 12.2 Å². The standard InChI is InChI=1S/C19H30O4/c1-13(2)18(20)22-16-6-4-5-14(9-16)11-21-12-15-7-8-17-19(3,10-15)23-17/h14-17H,1,4-12H2,2-3H3. The highest BCUT2D eigenvalue weighted by Crippen LogP contribution is 2.49. The fourth-order valence-electron chi connectivity index (χ4n) is 4.19. The fourth-order valence-corrected chi connectivity index (χ4v) is 4.19. The SMILES string of the molecule is C=C(C)C(=O)OC1CCCC(COCC2CCC3OC3(C)C2)C1. The van der Waals surface area contributed by atoms with Gasteiger partial charge in [-0.1, -0.05) is 6.58 Å². The first-order valence-electron chi connectivity index (χ1n) is 9.08. The van der Waals surface area contributed by atoms with Gasteiger partial charge in [0.1, 0.15) is 6.10 Å². The second kappa shape index (κ2) is 6.94. The summed E-state index contributed by atoms with van der Waals surface area (Å²) in [4.78, 5) is 11.6. The zero-order chi connectivity index (χ0) is 16.4. The number of epoxide rings is 1. The Morgan fingerprint density at radius 2 is 2.00 bits per heavy atom. The normalized spacial score (nSPS) is 39.4. The number of rotatable bonds is 6. The van der Waals surface area contributed by atoms with E-state index in [-0.39, 0.29) is 17.7 Å². The third-order valence-corrected chi connectivity index (χ3v) is 5.63. The fraction of sp³-hybridized carbons (Fsp3) is 0.842. The van der Waals surface area contributed by atoms with Gasteiger partial charge in [-0.15, -0.1) is 0 Å². The van der Waals surface area contributed by atoms with Crippen molar-refractivity contribution in [2.75, 3.05) is 13.2 Å². The summed E-state index contributed by atoms with van der Waals surface area (Å²) in [5.41, 5.74) is 0.633. The lowest BCUT2D eigenvalue weighted by Crippen LogP contribution is -2.29. The van der Waals surface area contributed by atoms with Crippen LogP contribution in [0.15, 0.2) is 12.2 Å². The molecule has 1 heterocycles. The summed E-state index contributed by atoms with van der Waals surface area (Å²) in [5.74, 6) is 0.890. The average molecular weight is 322 g/mol. The zero-order valence-corrected chi connectivity index (χ0v) is 14.5. The molecule has 0 bridgehead atoms. The third-order valence-electron chi connectivity index (χ3n) is 5.63. The largest absolute Gasteiger partial charge is 0.459 e. The lowest BCUT2D eigenvalue weighted by molar-refractivity contribution is -0.146. The second-order valence-corrected chi connectivity index (χ2v) is 7.94. The molecule has 0 spiro atoms. The van der Waals surface area contributed by atoms with Gasteiger partial charge < -0.3 is 14.2 Å². The molecule has 0 amide bonds. The molecule has 1 saturated heterocycles. The maximum Gasteiger partial charge on any atom is 0.333 e. The van der Waals surface area contributed by atoms with Gasteiger partial charge in [0.2, 0.25) is 0 Å². The summed E-state index contributed by atoms with van der Waals surface area (Å²) in [7, 11) is 0. The number of esters is 1. The molecule has 5 atom stereocenters. The number of ether oxygens (including phenoxy) is 3. The molecule has 1 aliphatic heterocycles. The minimum absolute atomic E-state index is 0.0377. The molecule has 0 aromatic rings. The topological polar surface area (TPSA) is 48.1 Å². The molecule has 3 rings (SSSR count). The van der Waals surface area contributed by atoms with Gasteiger partial charge >= 0.3 is 5.97 Å². The highest BCUT2D eigenvalue weighted by atomic mass is 16.6. The maximum atomic E-state index is 11.6. The lowest BCUT2D eigenvalue weighted by atomic mass is 9.83. The van der Waals surface area contributed by atoms with Gasteiger partial charge in [0.25, 0.3) is 0 Å². The van der Waals surface area contributed by atoms with Crippen LogP contribution in [0.5, 0.6) is 0 Å². The van der Waals surface area contributed by atoms with Gasteiger partial charge in [-0.25, -0.2) is 4.79 Å². The van der Waals surface area contributed by atoms with Crippen molar-refractivity contribution < 1.29 is 19.0 Å². The monoisotopic (exact) mass is 322 g/mol. The molecule has 0 aromatic heterocycles. The number of carbonyl (C=O) groups excluding carboxylic acids is 1. The molecule has 130 valence electrons. The van der Waals surface area contributed by atoms with Gasteiger partial charge in [0.15, 0.2) is 0 Å². The molecule has 5 unspecified atom stereocenters. The molecular formula is C19H30O4. The van der Waals surface area contributed by atoms with Crippen LogP contribution < -0.4 is 0 Å². The molecule has 2 saturated carbocycles. The van der Waals surface area contributed by atoms with Gasteiger partial charge in [-0.05, 0) is 70.6 Å². The van der Waals surface area contributed by atoms with Crippen molar-refractivity contribution >= 4 is 5.97 Å². The quantitative estimate of drug-likeness (QED) is 0.425. The van der Waals surface area contributed by atoms with Crippen molar-refractivity contribution in [1.29, 1.82) is 0 Å². The Balaban J connectivity index is 1.35. The van der Waals surface area contributed by atoms with Gasteiger partial charge in [-0.2, -0.15) is 0 Å². The number of hydrogen-bond acceptors (Lipinski definition) is 4. The van der Waals surface area contributed by atoms with E-state index >= 15 is 0 Å². The van der Waals surface area contributed by atoms with Crippen LogP contribution in [-0.2, 0) is 19.0 Å². The Hall–Kier alpha value is -0.870.